The van der Waals surface area contributed by atoms with E-state index in [-0.39, 0.29) is 23.6 Å². The molecule has 0 unspecified atom stereocenters. The fraction of sp³-hybridized carbons (Fsp3) is 0.300. The van der Waals surface area contributed by atoms with Gasteiger partial charge in [-0.25, -0.2) is 4.39 Å². The lowest BCUT2D eigenvalue weighted by Gasteiger charge is -2.14. The Kier molecular flexibility index (Phi) is 6.34. The minimum Gasteiger partial charge on any atom is -0.493 e. The number of halogens is 1. The molecule has 27 heavy (non-hydrogen) atoms. The molecule has 1 aliphatic heterocycles. The largest absolute Gasteiger partial charge is 0.493 e. The number of thioether (sulfide) groups is 1. The molecule has 0 aromatic heterocycles. The Bertz CT molecular complexity index is 859. The lowest BCUT2D eigenvalue weighted by molar-refractivity contribution is -0.125. The van der Waals surface area contributed by atoms with Crippen molar-refractivity contribution in [2.75, 3.05) is 13.7 Å². The Labute approximate surface area is 167 Å². The average Bonchev–Trinajstić information content (AvgIpc) is 2.93. The molecule has 1 aliphatic rings. The summed E-state index contributed by atoms with van der Waals surface area (Å²) in [5, 5.41) is -0.207. The van der Waals surface area contributed by atoms with E-state index in [4.69, 9.17) is 21.7 Å². The maximum absolute atomic E-state index is 13.3. The molecule has 0 saturated carbocycles. The number of thiocarbonyl (C=S) groups is 1. The predicted octanol–water partition coefficient (Wildman–Crippen LogP) is 4.20. The molecule has 0 aliphatic carbocycles. The average molecular weight is 406 g/mol. The van der Waals surface area contributed by atoms with E-state index in [9.17, 15) is 9.18 Å². The fourth-order valence-electron chi connectivity index (χ4n) is 2.87. The van der Waals surface area contributed by atoms with E-state index in [1.54, 1.807) is 24.1 Å². The van der Waals surface area contributed by atoms with Crippen LogP contribution in [-0.2, 0) is 17.8 Å². The van der Waals surface area contributed by atoms with Crippen LogP contribution in [0.15, 0.2) is 42.5 Å². The van der Waals surface area contributed by atoms with Crippen molar-refractivity contribution in [1.29, 1.82) is 0 Å². The van der Waals surface area contributed by atoms with Crippen LogP contribution in [0.4, 0.5) is 4.39 Å². The van der Waals surface area contributed by atoms with E-state index in [2.05, 4.69) is 0 Å². The number of benzene rings is 2. The van der Waals surface area contributed by atoms with Gasteiger partial charge < -0.3 is 9.47 Å². The van der Waals surface area contributed by atoms with Gasteiger partial charge in [0.25, 0.3) is 0 Å². The lowest BCUT2D eigenvalue weighted by atomic mass is 10.1. The highest BCUT2D eigenvalue weighted by Crippen LogP contribution is 2.33. The molecule has 1 atom stereocenters. The van der Waals surface area contributed by atoms with E-state index < -0.39 is 0 Å². The third kappa shape index (κ3) is 4.59. The number of carbonyl (C=O) groups is 1. The van der Waals surface area contributed by atoms with Gasteiger partial charge in [-0.2, -0.15) is 0 Å². The Morgan fingerprint density at radius 3 is 2.67 bits per heavy atom. The molecule has 0 N–H and O–H groups in total. The van der Waals surface area contributed by atoms with Crippen molar-refractivity contribution in [3.05, 3.63) is 59.4 Å². The normalized spacial score (nSPS) is 16.7. The van der Waals surface area contributed by atoms with Crippen LogP contribution in [0.3, 0.4) is 0 Å². The summed E-state index contributed by atoms with van der Waals surface area (Å²) >= 11 is 6.69. The van der Waals surface area contributed by atoms with E-state index in [0.717, 1.165) is 11.1 Å². The minimum atomic E-state index is -0.295. The van der Waals surface area contributed by atoms with Gasteiger partial charge in [-0.3, -0.25) is 9.69 Å². The molecule has 4 nitrogen and oxygen atoms in total. The van der Waals surface area contributed by atoms with Gasteiger partial charge in [0.1, 0.15) is 16.7 Å². The molecule has 2 aromatic carbocycles. The molecule has 142 valence electrons. The van der Waals surface area contributed by atoms with E-state index in [1.807, 2.05) is 25.1 Å². The second kappa shape index (κ2) is 8.71. The molecular weight excluding hydrogens is 385 g/mol. The van der Waals surface area contributed by atoms with E-state index >= 15 is 0 Å². The van der Waals surface area contributed by atoms with Gasteiger partial charge in [-0.1, -0.05) is 42.2 Å². The summed E-state index contributed by atoms with van der Waals surface area (Å²) in [6.07, 6.45) is 0.570. The van der Waals surface area contributed by atoms with Crippen LogP contribution in [0.5, 0.6) is 11.5 Å². The Balaban J connectivity index is 1.69. The molecule has 0 spiro atoms. The third-order valence-corrected chi connectivity index (χ3v) is 5.84. The number of rotatable bonds is 7. The summed E-state index contributed by atoms with van der Waals surface area (Å²) in [5.41, 5.74) is 1.71. The zero-order chi connectivity index (χ0) is 19.4. The molecule has 1 amide bonds. The SMILES string of the molecule is CCN1C(=O)[C@H](Cc2ccc(OCc3cccc(F)c3)c(OC)c2)SC1=S. The van der Waals surface area contributed by atoms with Crippen molar-refractivity contribution in [1.82, 2.24) is 4.90 Å². The van der Waals surface area contributed by atoms with Crippen molar-refractivity contribution >= 4 is 34.2 Å². The van der Waals surface area contributed by atoms with Crippen molar-refractivity contribution in [3.63, 3.8) is 0 Å². The first kappa shape index (κ1) is 19.6. The van der Waals surface area contributed by atoms with Gasteiger partial charge in [0, 0.05) is 6.54 Å². The number of carbonyl (C=O) groups excluding carboxylic acids is 1. The Hall–Kier alpha value is -2.12. The molecule has 1 fully saturated rings. The van der Waals surface area contributed by atoms with Crippen molar-refractivity contribution in [2.45, 2.75) is 25.2 Å². The molecule has 1 saturated heterocycles. The van der Waals surface area contributed by atoms with Gasteiger partial charge in [0.2, 0.25) is 5.91 Å². The smallest absolute Gasteiger partial charge is 0.241 e. The highest BCUT2D eigenvalue weighted by atomic mass is 32.2. The van der Waals surface area contributed by atoms with Gasteiger partial charge in [0.15, 0.2) is 11.5 Å². The molecule has 0 radical (unpaired) electrons. The number of amides is 1. The Morgan fingerprint density at radius 2 is 2.00 bits per heavy atom. The zero-order valence-electron chi connectivity index (χ0n) is 15.1. The highest BCUT2D eigenvalue weighted by molar-refractivity contribution is 8.24. The fourth-order valence-corrected chi connectivity index (χ4v) is 4.53. The predicted molar refractivity (Wildman–Crippen MR) is 109 cm³/mol. The standard InChI is InChI=1S/C20H20FNO3S2/c1-3-22-19(23)18(27-20(22)26)11-13-7-8-16(17(10-13)24-2)25-12-14-5-4-6-15(21)9-14/h4-10,18H,3,11-12H2,1-2H3/t18-/m0/s1. The number of nitrogens with zero attached hydrogens (tertiary/aromatic N) is 1. The number of hydrogen-bond donors (Lipinski definition) is 0. The van der Waals surface area contributed by atoms with Crippen molar-refractivity contribution < 1.29 is 18.7 Å². The van der Waals surface area contributed by atoms with Crippen LogP contribution >= 0.6 is 24.0 Å². The number of methoxy groups -OCH3 is 1. The maximum Gasteiger partial charge on any atom is 0.241 e. The minimum absolute atomic E-state index is 0.0536. The van der Waals surface area contributed by atoms with E-state index in [1.165, 1.54) is 23.9 Å². The summed E-state index contributed by atoms with van der Waals surface area (Å²) in [4.78, 5) is 14.0. The molecular formula is C20H20FNO3S2. The van der Waals surface area contributed by atoms with Crippen LogP contribution in [-0.4, -0.2) is 34.0 Å². The van der Waals surface area contributed by atoms with Gasteiger partial charge in [0.05, 0.1) is 12.4 Å². The molecule has 2 aromatic rings. The first-order chi connectivity index (χ1) is 13.0. The van der Waals surface area contributed by atoms with Gasteiger partial charge in [-0.15, -0.1) is 0 Å². The quantitative estimate of drug-likeness (QED) is 0.646. The van der Waals surface area contributed by atoms with Gasteiger partial charge >= 0.3 is 0 Å². The van der Waals surface area contributed by atoms with E-state index in [0.29, 0.717) is 28.8 Å². The van der Waals surface area contributed by atoms with Crippen LogP contribution in [0.25, 0.3) is 0 Å². The Morgan fingerprint density at radius 1 is 1.19 bits per heavy atom. The second-order valence-electron chi connectivity index (χ2n) is 6.06. The lowest BCUT2D eigenvalue weighted by Crippen LogP contribution is -2.31. The zero-order valence-corrected chi connectivity index (χ0v) is 16.7. The summed E-state index contributed by atoms with van der Waals surface area (Å²) in [7, 11) is 1.57. The van der Waals surface area contributed by atoms with Crippen molar-refractivity contribution in [2.24, 2.45) is 0 Å². The molecule has 3 rings (SSSR count). The molecule has 1 heterocycles. The number of ether oxygens (including phenoxy) is 2. The summed E-state index contributed by atoms with van der Waals surface area (Å²) in [5.74, 6) is 0.907. The van der Waals surface area contributed by atoms with Crippen LogP contribution in [0.2, 0.25) is 0 Å². The summed E-state index contributed by atoms with van der Waals surface area (Å²) < 4.78 is 25.1. The van der Waals surface area contributed by atoms with Gasteiger partial charge in [-0.05, 0) is 48.7 Å². The monoisotopic (exact) mass is 405 g/mol. The first-order valence-electron chi connectivity index (χ1n) is 8.58. The highest BCUT2D eigenvalue weighted by Gasteiger charge is 2.35. The summed E-state index contributed by atoms with van der Waals surface area (Å²) in [6.45, 7) is 2.75. The first-order valence-corrected chi connectivity index (χ1v) is 9.86. The van der Waals surface area contributed by atoms with Crippen LogP contribution in [0, 0.1) is 5.82 Å². The second-order valence-corrected chi connectivity index (χ2v) is 7.90. The molecule has 7 heteroatoms. The topological polar surface area (TPSA) is 38.8 Å². The number of hydrogen-bond acceptors (Lipinski definition) is 5. The van der Waals surface area contributed by atoms with Crippen LogP contribution in [0.1, 0.15) is 18.1 Å². The maximum atomic E-state index is 13.3. The van der Waals surface area contributed by atoms with Crippen molar-refractivity contribution in [3.8, 4) is 11.5 Å². The van der Waals surface area contributed by atoms with Crippen LogP contribution < -0.4 is 9.47 Å². The third-order valence-electron chi connectivity index (χ3n) is 4.25. The summed E-state index contributed by atoms with van der Waals surface area (Å²) in [6, 6.07) is 11.9. The molecule has 0 bridgehead atoms.